The predicted octanol–water partition coefficient (Wildman–Crippen LogP) is 3.20. The Kier molecular flexibility index (Phi) is 5.55. The van der Waals surface area contributed by atoms with Crippen LogP contribution in [0.2, 0.25) is 0 Å². The largest absolute Gasteiger partial charge is 0.370 e. The molecule has 2 aliphatic heterocycles. The summed E-state index contributed by atoms with van der Waals surface area (Å²) >= 11 is 1.46. The fourth-order valence-electron chi connectivity index (χ4n) is 3.90. The summed E-state index contributed by atoms with van der Waals surface area (Å²) in [5.41, 5.74) is 1.10. The van der Waals surface area contributed by atoms with Crippen LogP contribution in [0.5, 0.6) is 0 Å². The molecule has 4 rings (SSSR count). The average Bonchev–Trinajstić information content (AvgIpc) is 3.28. The van der Waals surface area contributed by atoms with E-state index in [0.717, 1.165) is 29.8 Å². The van der Waals surface area contributed by atoms with Crippen LogP contribution >= 0.6 is 11.3 Å². The molecule has 2 atom stereocenters. The quantitative estimate of drug-likeness (QED) is 0.817. The maximum Gasteiger partial charge on any atom is 0.263 e. The first-order chi connectivity index (χ1) is 13.2. The zero-order valence-corrected chi connectivity index (χ0v) is 16.1. The van der Waals surface area contributed by atoms with E-state index in [2.05, 4.69) is 0 Å². The first-order valence-electron chi connectivity index (χ1n) is 9.50. The van der Waals surface area contributed by atoms with Gasteiger partial charge in [0.05, 0.1) is 23.9 Å². The molecule has 142 valence electrons. The fourth-order valence-corrected chi connectivity index (χ4v) is 4.59. The van der Waals surface area contributed by atoms with Gasteiger partial charge in [-0.15, -0.1) is 11.3 Å². The molecule has 2 saturated heterocycles. The topological polar surface area (TPSA) is 49.9 Å². The summed E-state index contributed by atoms with van der Waals surface area (Å²) in [6, 6.07) is 13.8. The van der Waals surface area contributed by atoms with Crippen molar-refractivity contribution >= 4 is 23.2 Å². The smallest absolute Gasteiger partial charge is 0.263 e. The summed E-state index contributed by atoms with van der Waals surface area (Å²) in [5, 5.41) is 1.91. The predicted molar refractivity (Wildman–Crippen MR) is 105 cm³/mol. The normalized spacial score (nSPS) is 23.3. The third kappa shape index (κ3) is 4.06. The van der Waals surface area contributed by atoms with Crippen LogP contribution in [0, 0.1) is 5.92 Å². The number of morpholine rings is 1. The van der Waals surface area contributed by atoms with Gasteiger partial charge >= 0.3 is 0 Å². The molecule has 5 nitrogen and oxygen atoms in total. The molecule has 2 aromatic rings. The van der Waals surface area contributed by atoms with E-state index in [1.807, 2.05) is 57.6 Å². The van der Waals surface area contributed by atoms with Crippen molar-refractivity contribution in [3.05, 3.63) is 58.3 Å². The zero-order chi connectivity index (χ0) is 18.6. The third-order valence-corrected chi connectivity index (χ3v) is 6.20. The lowest BCUT2D eigenvalue weighted by Crippen LogP contribution is -2.50. The number of carbonyl (C=O) groups is 2. The highest BCUT2D eigenvalue weighted by molar-refractivity contribution is 7.12. The van der Waals surface area contributed by atoms with Gasteiger partial charge < -0.3 is 14.5 Å². The van der Waals surface area contributed by atoms with Crippen molar-refractivity contribution < 1.29 is 14.3 Å². The van der Waals surface area contributed by atoms with E-state index < -0.39 is 0 Å². The lowest BCUT2D eigenvalue weighted by molar-refractivity contribution is -0.144. The lowest BCUT2D eigenvalue weighted by atomic mass is 9.95. The van der Waals surface area contributed by atoms with Gasteiger partial charge in [-0.3, -0.25) is 9.59 Å². The number of benzene rings is 1. The van der Waals surface area contributed by atoms with Gasteiger partial charge in [0.25, 0.3) is 5.91 Å². The number of hydrogen-bond donors (Lipinski definition) is 0. The second-order valence-electron chi connectivity index (χ2n) is 7.12. The maximum atomic E-state index is 13.1. The molecule has 0 radical (unpaired) electrons. The van der Waals surface area contributed by atoms with Crippen LogP contribution in [-0.4, -0.2) is 54.4 Å². The average molecular weight is 385 g/mol. The van der Waals surface area contributed by atoms with Gasteiger partial charge in [-0.05, 0) is 29.9 Å². The Balaban J connectivity index is 1.40. The molecule has 2 unspecified atom stereocenters. The van der Waals surface area contributed by atoms with E-state index in [-0.39, 0.29) is 23.8 Å². The molecule has 3 heterocycles. The Morgan fingerprint density at radius 1 is 1.00 bits per heavy atom. The van der Waals surface area contributed by atoms with E-state index in [1.54, 1.807) is 0 Å². The van der Waals surface area contributed by atoms with Crippen LogP contribution in [0.3, 0.4) is 0 Å². The van der Waals surface area contributed by atoms with Crippen molar-refractivity contribution in [1.29, 1.82) is 0 Å². The second kappa shape index (κ2) is 8.23. The van der Waals surface area contributed by atoms with E-state index in [9.17, 15) is 9.59 Å². The van der Waals surface area contributed by atoms with Gasteiger partial charge in [-0.25, -0.2) is 0 Å². The summed E-state index contributed by atoms with van der Waals surface area (Å²) in [6.07, 6.45) is 1.65. The van der Waals surface area contributed by atoms with Crippen molar-refractivity contribution in [1.82, 2.24) is 9.80 Å². The number of carbonyl (C=O) groups excluding carboxylic acids is 2. The molecular formula is C21H24N2O3S. The van der Waals surface area contributed by atoms with E-state index in [1.165, 1.54) is 11.3 Å². The molecule has 2 amide bonds. The number of piperidine rings is 1. The molecule has 2 fully saturated rings. The van der Waals surface area contributed by atoms with Crippen molar-refractivity contribution in [3.8, 4) is 0 Å². The molecule has 1 aromatic heterocycles. The minimum atomic E-state index is -0.114. The van der Waals surface area contributed by atoms with Gasteiger partial charge in [0.2, 0.25) is 5.91 Å². The molecule has 0 spiro atoms. The van der Waals surface area contributed by atoms with Crippen molar-refractivity contribution in [3.63, 3.8) is 0 Å². The van der Waals surface area contributed by atoms with Gasteiger partial charge in [0.1, 0.15) is 6.10 Å². The minimum absolute atomic E-state index is 0.0478. The van der Waals surface area contributed by atoms with Crippen LogP contribution in [0.1, 0.15) is 34.2 Å². The van der Waals surface area contributed by atoms with Crippen LogP contribution in [0.4, 0.5) is 0 Å². The number of ether oxygens (including phenoxy) is 1. The van der Waals surface area contributed by atoms with E-state index in [4.69, 9.17) is 4.74 Å². The monoisotopic (exact) mass is 384 g/mol. The Labute approximate surface area is 163 Å². The summed E-state index contributed by atoms with van der Waals surface area (Å²) in [6.45, 7) is 3.00. The Morgan fingerprint density at radius 3 is 2.63 bits per heavy atom. The Hall–Kier alpha value is -2.18. The molecule has 27 heavy (non-hydrogen) atoms. The molecule has 0 N–H and O–H groups in total. The maximum absolute atomic E-state index is 13.1. The first-order valence-corrected chi connectivity index (χ1v) is 10.4. The van der Waals surface area contributed by atoms with Crippen LogP contribution in [0.15, 0.2) is 47.8 Å². The number of thiophene rings is 1. The number of amides is 2. The van der Waals surface area contributed by atoms with Crippen LogP contribution < -0.4 is 0 Å². The zero-order valence-electron chi connectivity index (χ0n) is 15.3. The van der Waals surface area contributed by atoms with Crippen molar-refractivity contribution in [2.75, 3.05) is 32.8 Å². The van der Waals surface area contributed by atoms with Crippen molar-refractivity contribution in [2.24, 2.45) is 5.92 Å². The second-order valence-corrected chi connectivity index (χ2v) is 8.07. The van der Waals surface area contributed by atoms with Gasteiger partial charge in [-0.2, -0.15) is 0 Å². The van der Waals surface area contributed by atoms with Crippen molar-refractivity contribution in [2.45, 2.75) is 18.9 Å². The number of nitrogens with zero attached hydrogens (tertiary/aromatic N) is 2. The molecule has 2 aliphatic rings. The summed E-state index contributed by atoms with van der Waals surface area (Å²) in [5.74, 6) is 0.0896. The highest BCUT2D eigenvalue weighted by atomic mass is 32.1. The summed E-state index contributed by atoms with van der Waals surface area (Å²) in [4.78, 5) is 30.3. The van der Waals surface area contributed by atoms with Gasteiger partial charge in [-0.1, -0.05) is 36.4 Å². The standard InChI is InChI=1S/C21H24N2O3S/c24-20(23-11-12-26-18(15-23)16-6-2-1-3-7-16)17-8-4-10-22(14-17)21(25)19-9-5-13-27-19/h1-3,5-7,9,13,17-18H,4,8,10-12,14-15H2. The highest BCUT2D eigenvalue weighted by Gasteiger charge is 2.34. The number of rotatable bonds is 3. The van der Waals surface area contributed by atoms with E-state index >= 15 is 0 Å². The van der Waals surface area contributed by atoms with E-state index in [0.29, 0.717) is 26.2 Å². The van der Waals surface area contributed by atoms with Crippen LogP contribution in [0.25, 0.3) is 0 Å². The SMILES string of the molecule is O=C(c1cccs1)N1CCCC(C(=O)N2CCOC(c3ccccc3)C2)C1. The number of hydrogen-bond acceptors (Lipinski definition) is 4. The molecular weight excluding hydrogens is 360 g/mol. The third-order valence-electron chi connectivity index (χ3n) is 5.34. The van der Waals surface area contributed by atoms with Gasteiger partial charge in [0.15, 0.2) is 0 Å². The van der Waals surface area contributed by atoms with Gasteiger partial charge in [0, 0.05) is 19.6 Å². The molecule has 0 saturated carbocycles. The Bertz CT molecular complexity index is 778. The summed E-state index contributed by atoms with van der Waals surface area (Å²) < 4.78 is 5.88. The molecule has 1 aromatic carbocycles. The Morgan fingerprint density at radius 2 is 1.85 bits per heavy atom. The lowest BCUT2D eigenvalue weighted by Gasteiger charge is -2.38. The molecule has 0 bridgehead atoms. The first kappa shape index (κ1) is 18.2. The highest BCUT2D eigenvalue weighted by Crippen LogP contribution is 2.26. The molecule has 6 heteroatoms. The number of likely N-dealkylation sites (tertiary alicyclic amines) is 1. The molecule has 0 aliphatic carbocycles. The minimum Gasteiger partial charge on any atom is -0.370 e. The fraction of sp³-hybridized carbons (Fsp3) is 0.429. The van der Waals surface area contributed by atoms with Crippen LogP contribution in [-0.2, 0) is 9.53 Å². The summed E-state index contributed by atoms with van der Waals surface area (Å²) in [7, 11) is 0.